The van der Waals surface area contributed by atoms with E-state index in [4.69, 9.17) is 13.7 Å². The van der Waals surface area contributed by atoms with Crippen LogP contribution in [0.4, 0.5) is 18.0 Å². The number of methoxy groups -OCH3 is 1. The molecule has 0 aliphatic carbocycles. The molecule has 0 spiro atoms. The van der Waals surface area contributed by atoms with Crippen LogP contribution in [0.5, 0.6) is 5.75 Å². The number of nitrogens with zero attached hydrogens (tertiary/aromatic N) is 1. The fourth-order valence-electron chi connectivity index (χ4n) is 2.84. The van der Waals surface area contributed by atoms with E-state index >= 15 is 0 Å². The maximum absolute atomic E-state index is 12.9. The highest BCUT2D eigenvalue weighted by Gasteiger charge is 2.32. The summed E-state index contributed by atoms with van der Waals surface area (Å²) in [6.45, 7) is 1.80. The first kappa shape index (κ1) is 27.9. The number of esters is 1. The van der Waals surface area contributed by atoms with E-state index in [1.807, 2.05) is 0 Å². The van der Waals surface area contributed by atoms with Gasteiger partial charge in [0.1, 0.15) is 17.2 Å². The monoisotopic (exact) mass is 518 g/mol. The molecule has 1 N–H and O–H groups in total. The van der Waals surface area contributed by atoms with Crippen molar-refractivity contribution in [2.45, 2.75) is 24.5 Å². The van der Waals surface area contributed by atoms with Gasteiger partial charge in [-0.1, -0.05) is 18.2 Å². The van der Waals surface area contributed by atoms with E-state index in [2.05, 4.69) is 5.32 Å². The van der Waals surface area contributed by atoms with Crippen molar-refractivity contribution in [3.05, 3.63) is 59.7 Å². The first-order valence-corrected chi connectivity index (χ1v) is 11.7. The zero-order valence-electron chi connectivity index (χ0n) is 19.0. The molecular weight excluding hydrogens is 493 g/mol. The van der Waals surface area contributed by atoms with Crippen molar-refractivity contribution in [3.63, 3.8) is 0 Å². The van der Waals surface area contributed by atoms with Gasteiger partial charge in [0.2, 0.25) is 0 Å². The van der Waals surface area contributed by atoms with Gasteiger partial charge in [-0.05, 0) is 42.8 Å². The Labute approximate surface area is 200 Å². The normalized spacial score (nSPS) is 11.6. The molecule has 0 saturated heterocycles. The Morgan fingerprint density at radius 1 is 1.09 bits per heavy atom. The number of benzene rings is 2. The van der Waals surface area contributed by atoms with Crippen LogP contribution in [0.25, 0.3) is 0 Å². The number of rotatable bonds is 11. The molecule has 0 unspecified atom stereocenters. The molecule has 0 aromatic heterocycles. The minimum Gasteiger partial charge on any atom is -0.465 e. The lowest BCUT2D eigenvalue weighted by atomic mass is 10.2. The Morgan fingerprint density at radius 2 is 1.80 bits per heavy atom. The Kier molecular flexibility index (Phi) is 9.89. The van der Waals surface area contributed by atoms with Gasteiger partial charge in [-0.25, -0.2) is 4.79 Å². The average molecular weight is 519 g/mol. The van der Waals surface area contributed by atoms with Crippen molar-refractivity contribution >= 4 is 22.1 Å². The van der Waals surface area contributed by atoms with Crippen molar-refractivity contribution in [1.82, 2.24) is 10.2 Å². The molecule has 2 aromatic carbocycles. The quantitative estimate of drug-likeness (QED) is 0.359. The number of carbonyl (C=O) groups is 2. The molecule has 0 bridgehead atoms. The first-order valence-electron chi connectivity index (χ1n) is 10.3. The molecule has 0 saturated carbocycles. The highest BCUT2D eigenvalue weighted by molar-refractivity contribution is 7.87. The standard InChI is InChI=1S/C22H25F3N2O7S/c1-3-33-20(28)14-26-21(29)27(10-11-32-2)15-16-6-4-8-18(12-16)34-35(30,31)19-9-5-7-17(13-19)22(23,24)25/h4-9,12-13H,3,10-11,14-15H2,1-2H3,(H,26,29). The Bertz CT molecular complexity index is 1120. The second-order valence-electron chi connectivity index (χ2n) is 7.09. The van der Waals surface area contributed by atoms with Crippen molar-refractivity contribution < 1.29 is 44.8 Å². The predicted octanol–water partition coefficient (Wildman–Crippen LogP) is 3.19. The molecule has 192 valence electrons. The van der Waals surface area contributed by atoms with Gasteiger partial charge in [-0.15, -0.1) is 0 Å². The van der Waals surface area contributed by atoms with Crippen LogP contribution in [0.3, 0.4) is 0 Å². The van der Waals surface area contributed by atoms with Gasteiger partial charge in [-0.3, -0.25) is 4.79 Å². The van der Waals surface area contributed by atoms with E-state index in [1.54, 1.807) is 13.0 Å². The van der Waals surface area contributed by atoms with Crippen LogP contribution < -0.4 is 9.50 Å². The minimum absolute atomic E-state index is 0.00117. The van der Waals surface area contributed by atoms with Crippen LogP contribution in [0.2, 0.25) is 0 Å². The van der Waals surface area contributed by atoms with E-state index in [0.29, 0.717) is 11.6 Å². The number of amides is 2. The molecular formula is C22H25F3N2O7S. The first-order chi connectivity index (χ1) is 16.5. The third-order valence-corrected chi connectivity index (χ3v) is 5.71. The number of hydrogen-bond donors (Lipinski definition) is 1. The highest BCUT2D eigenvalue weighted by Crippen LogP contribution is 2.31. The molecule has 2 aromatic rings. The molecule has 35 heavy (non-hydrogen) atoms. The van der Waals surface area contributed by atoms with Crippen LogP contribution in [-0.4, -0.2) is 58.7 Å². The van der Waals surface area contributed by atoms with Gasteiger partial charge >= 0.3 is 28.3 Å². The van der Waals surface area contributed by atoms with Crippen LogP contribution in [0.15, 0.2) is 53.4 Å². The zero-order valence-corrected chi connectivity index (χ0v) is 19.8. The van der Waals surface area contributed by atoms with Gasteiger partial charge in [0, 0.05) is 20.2 Å². The van der Waals surface area contributed by atoms with Crippen LogP contribution in [0, 0.1) is 0 Å². The van der Waals surface area contributed by atoms with Crippen molar-refractivity contribution in [2.75, 3.05) is 33.4 Å². The molecule has 2 rings (SSSR count). The van der Waals surface area contributed by atoms with Gasteiger partial charge < -0.3 is 23.9 Å². The summed E-state index contributed by atoms with van der Waals surface area (Å²) in [5, 5.41) is 2.43. The lowest BCUT2D eigenvalue weighted by Gasteiger charge is -2.23. The lowest BCUT2D eigenvalue weighted by molar-refractivity contribution is -0.142. The summed E-state index contributed by atoms with van der Waals surface area (Å²) in [4.78, 5) is 24.7. The van der Waals surface area contributed by atoms with Crippen LogP contribution in [0.1, 0.15) is 18.1 Å². The van der Waals surface area contributed by atoms with Gasteiger partial charge in [0.25, 0.3) is 0 Å². The third kappa shape index (κ3) is 8.76. The number of carbonyl (C=O) groups excluding carboxylic acids is 2. The predicted molar refractivity (Wildman–Crippen MR) is 118 cm³/mol. The smallest absolute Gasteiger partial charge is 0.416 e. The van der Waals surface area contributed by atoms with E-state index in [9.17, 15) is 31.2 Å². The summed E-state index contributed by atoms with van der Waals surface area (Å²) in [6, 6.07) is 8.34. The average Bonchev–Trinajstić information content (AvgIpc) is 2.80. The van der Waals surface area contributed by atoms with Crippen molar-refractivity contribution in [3.8, 4) is 5.75 Å². The molecule has 0 fully saturated rings. The number of halogens is 3. The number of urea groups is 1. The second kappa shape index (κ2) is 12.4. The molecule has 0 aliphatic rings. The molecule has 9 nitrogen and oxygen atoms in total. The zero-order chi connectivity index (χ0) is 26.1. The summed E-state index contributed by atoms with van der Waals surface area (Å²) in [7, 11) is -3.11. The number of alkyl halides is 3. The van der Waals surface area contributed by atoms with Crippen molar-refractivity contribution in [1.29, 1.82) is 0 Å². The second-order valence-corrected chi connectivity index (χ2v) is 8.63. The maximum atomic E-state index is 12.9. The summed E-state index contributed by atoms with van der Waals surface area (Å²) >= 11 is 0. The van der Waals surface area contributed by atoms with Gasteiger partial charge in [-0.2, -0.15) is 21.6 Å². The minimum atomic E-state index is -4.72. The Balaban J connectivity index is 2.16. The SMILES string of the molecule is CCOC(=O)CNC(=O)N(CCOC)Cc1cccc(OS(=O)(=O)c2cccc(C(F)(F)F)c2)c1. The third-order valence-electron chi connectivity index (χ3n) is 4.47. The van der Waals surface area contributed by atoms with E-state index in [-0.39, 0.29) is 38.6 Å². The Morgan fingerprint density at radius 3 is 2.46 bits per heavy atom. The van der Waals surface area contributed by atoms with E-state index in [1.165, 1.54) is 30.2 Å². The number of nitrogens with one attached hydrogen (secondary N) is 1. The van der Waals surface area contributed by atoms with Crippen LogP contribution >= 0.6 is 0 Å². The summed E-state index contributed by atoms with van der Waals surface area (Å²) in [5.74, 6) is -0.763. The number of hydrogen-bond acceptors (Lipinski definition) is 7. The maximum Gasteiger partial charge on any atom is 0.416 e. The summed E-state index contributed by atoms with van der Waals surface area (Å²) in [6.07, 6.45) is -4.72. The Hall–Kier alpha value is -3.32. The summed E-state index contributed by atoms with van der Waals surface area (Å²) < 4.78 is 78.7. The lowest BCUT2D eigenvalue weighted by Crippen LogP contribution is -2.43. The molecule has 0 heterocycles. The van der Waals surface area contributed by atoms with Gasteiger partial charge in [0.05, 0.1) is 18.8 Å². The summed E-state index contributed by atoms with van der Waals surface area (Å²) in [5.41, 5.74) is -0.664. The highest BCUT2D eigenvalue weighted by atomic mass is 32.2. The van der Waals surface area contributed by atoms with Crippen molar-refractivity contribution in [2.24, 2.45) is 0 Å². The van der Waals surface area contributed by atoms with Crippen LogP contribution in [-0.2, 0) is 37.1 Å². The fourth-order valence-corrected chi connectivity index (χ4v) is 3.81. The molecule has 0 aliphatic heterocycles. The fraction of sp³-hybridized carbons (Fsp3) is 0.364. The number of ether oxygens (including phenoxy) is 2. The topological polar surface area (TPSA) is 111 Å². The van der Waals surface area contributed by atoms with E-state index < -0.39 is 38.8 Å². The largest absolute Gasteiger partial charge is 0.465 e. The van der Waals surface area contributed by atoms with Gasteiger partial charge in [0.15, 0.2) is 0 Å². The molecule has 0 radical (unpaired) electrons. The van der Waals surface area contributed by atoms with E-state index in [0.717, 1.165) is 18.2 Å². The molecule has 13 heteroatoms. The molecule has 0 atom stereocenters. The molecule has 2 amide bonds.